The van der Waals surface area contributed by atoms with Crippen molar-refractivity contribution in [1.82, 2.24) is 9.80 Å². The van der Waals surface area contributed by atoms with Crippen LogP contribution < -0.4 is 4.90 Å². The van der Waals surface area contributed by atoms with Gasteiger partial charge in [0.05, 0.1) is 31.3 Å². The number of benzene rings is 1. The Bertz CT molecular complexity index is 1400. The van der Waals surface area contributed by atoms with Crippen molar-refractivity contribution in [3.05, 3.63) is 52.8 Å². The summed E-state index contributed by atoms with van der Waals surface area (Å²) in [4.78, 5) is 18.5. The van der Waals surface area contributed by atoms with Crippen LogP contribution in [-0.4, -0.2) is 111 Å². The zero-order valence-corrected chi connectivity index (χ0v) is 30.3. The Morgan fingerprint density at radius 2 is 1.76 bits per heavy atom. The summed E-state index contributed by atoms with van der Waals surface area (Å²) in [5, 5.41) is 22.0. The topological polar surface area (TPSA) is 94.9 Å². The van der Waals surface area contributed by atoms with Gasteiger partial charge in [0, 0.05) is 75.4 Å². The van der Waals surface area contributed by atoms with Gasteiger partial charge in [-0.15, -0.1) is 0 Å². The predicted octanol–water partition coefficient (Wildman–Crippen LogP) is 6.28. The molecule has 1 saturated carbocycles. The molecule has 9 nitrogen and oxygen atoms in total. The Morgan fingerprint density at radius 1 is 1.02 bits per heavy atom. The molecular weight excluding hydrogens is 663 g/mol. The second kappa shape index (κ2) is 16.6. The number of aliphatic hydroxyl groups excluding tert-OH is 1. The van der Waals surface area contributed by atoms with Gasteiger partial charge in [0.15, 0.2) is 0 Å². The van der Waals surface area contributed by atoms with E-state index >= 15 is 0 Å². The highest BCUT2D eigenvalue weighted by molar-refractivity contribution is 5.70. The Labute approximate surface area is 300 Å². The Balaban J connectivity index is 1.34. The third kappa shape index (κ3) is 8.45. The number of alkyl halides is 3. The van der Waals surface area contributed by atoms with Crippen molar-refractivity contribution in [3.8, 4) is 0 Å². The van der Waals surface area contributed by atoms with Gasteiger partial charge in [-0.1, -0.05) is 6.07 Å². The van der Waals surface area contributed by atoms with Crippen LogP contribution in [0.25, 0.3) is 0 Å². The molecule has 51 heavy (non-hydrogen) atoms. The molecule has 0 aromatic heterocycles. The lowest BCUT2D eigenvalue weighted by molar-refractivity contribution is -0.142. The molecule has 0 amide bonds. The molecule has 2 N–H and O–H groups in total. The number of carbonyl (C=O) groups is 1. The van der Waals surface area contributed by atoms with Crippen molar-refractivity contribution < 1.29 is 42.4 Å². The van der Waals surface area contributed by atoms with Crippen LogP contribution in [0.4, 0.5) is 18.9 Å². The summed E-state index contributed by atoms with van der Waals surface area (Å²) < 4.78 is 60.0. The smallest absolute Gasteiger partial charge is 0.416 e. The van der Waals surface area contributed by atoms with Gasteiger partial charge >= 0.3 is 12.1 Å². The molecule has 12 heteroatoms. The fourth-order valence-corrected chi connectivity index (χ4v) is 9.66. The minimum absolute atomic E-state index is 0.0304. The fraction of sp³-hybridized carbons (Fsp3) is 0.718. The highest BCUT2D eigenvalue weighted by atomic mass is 19.4. The lowest BCUT2D eigenvalue weighted by Crippen LogP contribution is -2.47. The van der Waals surface area contributed by atoms with E-state index in [1.807, 2.05) is 17.9 Å². The quantitative estimate of drug-likeness (QED) is 0.259. The molecule has 3 heterocycles. The van der Waals surface area contributed by atoms with Crippen LogP contribution in [0.3, 0.4) is 0 Å². The van der Waals surface area contributed by atoms with Gasteiger partial charge < -0.3 is 29.3 Å². The normalized spacial score (nSPS) is 30.7. The number of halogens is 3. The van der Waals surface area contributed by atoms with Gasteiger partial charge in [0.2, 0.25) is 0 Å². The van der Waals surface area contributed by atoms with E-state index in [-0.39, 0.29) is 23.8 Å². The average Bonchev–Trinajstić information content (AvgIpc) is 3.77. The molecule has 2 aliphatic carbocycles. The van der Waals surface area contributed by atoms with Gasteiger partial charge in [-0.05, 0) is 107 Å². The third-order valence-electron chi connectivity index (χ3n) is 12.2. The van der Waals surface area contributed by atoms with Crippen molar-refractivity contribution in [2.75, 3.05) is 65.1 Å². The number of anilines is 1. The molecule has 6 rings (SSSR count). The van der Waals surface area contributed by atoms with E-state index < -0.39 is 29.9 Å². The zero-order chi connectivity index (χ0) is 36.3. The molecule has 3 saturated heterocycles. The number of carboxylic acids is 1. The number of aliphatic hydroxyl groups is 1. The second-order valence-electron chi connectivity index (χ2n) is 15.2. The number of likely N-dealkylation sites (tertiary alicyclic amines) is 2. The Morgan fingerprint density at radius 3 is 2.41 bits per heavy atom. The molecule has 5 aliphatic rings. The van der Waals surface area contributed by atoms with Gasteiger partial charge in [-0.3, -0.25) is 14.6 Å². The number of nitrogens with zero attached hydrogens (tertiary/aromatic N) is 3. The summed E-state index contributed by atoms with van der Waals surface area (Å²) in [5.74, 6) is -0.984. The van der Waals surface area contributed by atoms with Crippen LogP contribution in [0, 0.1) is 17.8 Å². The summed E-state index contributed by atoms with van der Waals surface area (Å²) in [7, 11) is 3.29. The number of rotatable bonds is 12. The SMILES string of the molecule is CCOC1CCC(N2CCC(C(O)N3C[C@H](COC)C(c4ccc(C(F)(F)F)cc4N4CCC(C(=O)O)CC4)C3C3=CC(OC)=CCC3)C2)CC1. The van der Waals surface area contributed by atoms with Crippen LogP contribution in [-0.2, 0) is 25.2 Å². The number of piperidine rings is 1. The fourth-order valence-electron chi connectivity index (χ4n) is 9.66. The van der Waals surface area contributed by atoms with E-state index in [4.69, 9.17) is 14.2 Å². The zero-order valence-electron chi connectivity index (χ0n) is 30.3. The molecule has 4 unspecified atom stereocenters. The van der Waals surface area contributed by atoms with E-state index in [1.165, 1.54) is 12.1 Å². The van der Waals surface area contributed by atoms with Crippen LogP contribution in [0.2, 0.25) is 0 Å². The van der Waals surface area contributed by atoms with Crippen LogP contribution in [0.15, 0.2) is 41.7 Å². The third-order valence-corrected chi connectivity index (χ3v) is 12.2. The number of allylic oxidation sites excluding steroid dienone is 2. The number of methoxy groups -OCH3 is 2. The molecule has 5 atom stereocenters. The van der Waals surface area contributed by atoms with E-state index in [1.54, 1.807) is 20.3 Å². The first-order valence-electron chi connectivity index (χ1n) is 18.9. The molecule has 4 fully saturated rings. The van der Waals surface area contributed by atoms with Crippen LogP contribution in [0.5, 0.6) is 0 Å². The Kier molecular flexibility index (Phi) is 12.4. The largest absolute Gasteiger partial charge is 0.497 e. The molecule has 0 spiro atoms. The summed E-state index contributed by atoms with van der Waals surface area (Å²) in [6.07, 6.45) is 6.59. The maximum atomic E-state index is 14.2. The first-order chi connectivity index (χ1) is 24.5. The molecule has 1 aromatic carbocycles. The molecule has 3 aliphatic heterocycles. The summed E-state index contributed by atoms with van der Waals surface area (Å²) in [6.45, 7) is 6.15. The molecule has 1 aromatic rings. The van der Waals surface area contributed by atoms with E-state index in [2.05, 4.69) is 15.9 Å². The average molecular weight is 720 g/mol. The minimum Gasteiger partial charge on any atom is -0.497 e. The number of ether oxygens (including phenoxy) is 3. The molecular formula is C39H56F3N3O6. The standard InChI is InChI=1S/C39H56F3N3O6/c1-4-51-31-11-9-30(10-12-31)44-19-16-27(22-44)37(46)45-23-28(24-49-2)35(36(45)26-6-5-7-32(20-26)50-3)33-13-8-29(39(40,41)42)21-34(33)43-17-14-25(15-18-43)38(47)48/h7-8,13,20-21,25,27-28,30-31,35-37,46H,4-6,9-12,14-19,22-24H2,1-3H3,(H,47,48)/t27?,28-,30?,31?,35?,36?,37?/m1/s1. The van der Waals surface area contributed by atoms with Crippen molar-refractivity contribution in [1.29, 1.82) is 0 Å². The number of hydrogen-bond acceptors (Lipinski definition) is 8. The van der Waals surface area contributed by atoms with Gasteiger partial charge in [-0.25, -0.2) is 0 Å². The molecule has 0 bridgehead atoms. The maximum Gasteiger partial charge on any atom is 0.416 e. The van der Waals surface area contributed by atoms with Gasteiger partial charge in [0.1, 0.15) is 12.0 Å². The van der Waals surface area contributed by atoms with E-state index in [0.717, 1.165) is 81.5 Å². The minimum atomic E-state index is -4.53. The predicted molar refractivity (Wildman–Crippen MR) is 188 cm³/mol. The first kappa shape index (κ1) is 38.1. The van der Waals surface area contributed by atoms with Gasteiger partial charge in [0.25, 0.3) is 0 Å². The number of hydrogen-bond donors (Lipinski definition) is 2. The van der Waals surface area contributed by atoms with Crippen molar-refractivity contribution in [3.63, 3.8) is 0 Å². The van der Waals surface area contributed by atoms with Crippen LogP contribution in [0.1, 0.15) is 81.8 Å². The van der Waals surface area contributed by atoms with Gasteiger partial charge in [-0.2, -0.15) is 13.2 Å². The summed E-state index contributed by atoms with van der Waals surface area (Å²) in [5.41, 5.74) is 1.65. The van der Waals surface area contributed by atoms with Crippen molar-refractivity contribution >= 4 is 11.7 Å². The lowest BCUT2D eigenvalue weighted by Gasteiger charge is -2.40. The lowest BCUT2D eigenvalue weighted by atomic mass is 9.78. The van der Waals surface area contributed by atoms with E-state index in [9.17, 15) is 28.2 Å². The highest BCUT2D eigenvalue weighted by Crippen LogP contribution is 2.49. The first-order valence-corrected chi connectivity index (χ1v) is 18.9. The molecule has 284 valence electrons. The monoisotopic (exact) mass is 719 g/mol. The number of carboxylic acid groups (broad SMARTS) is 1. The summed E-state index contributed by atoms with van der Waals surface area (Å²) >= 11 is 0. The summed E-state index contributed by atoms with van der Waals surface area (Å²) in [6, 6.07) is 4.25. The van der Waals surface area contributed by atoms with Crippen molar-refractivity contribution in [2.45, 2.75) is 101 Å². The molecule has 0 radical (unpaired) electrons. The highest BCUT2D eigenvalue weighted by Gasteiger charge is 2.50. The number of aliphatic carboxylic acids is 1. The Hall–Kier alpha value is -2.64. The second-order valence-corrected chi connectivity index (χ2v) is 15.2. The maximum absolute atomic E-state index is 14.2. The van der Waals surface area contributed by atoms with E-state index in [0.29, 0.717) is 56.9 Å². The van der Waals surface area contributed by atoms with Crippen LogP contribution >= 0.6 is 0 Å². The van der Waals surface area contributed by atoms with Crippen molar-refractivity contribution in [2.24, 2.45) is 17.8 Å².